The number of carbonyl (C=O) groups excluding carboxylic acids is 1. The van der Waals surface area contributed by atoms with Crippen LogP contribution in [0.1, 0.15) is 28.8 Å². The fourth-order valence-corrected chi connectivity index (χ4v) is 2.81. The van der Waals surface area contributed by atoms with Gasteiger partial charge in [-0.05, 0) is 34.5 Å². The van der Waals surface area contributed by atoms with Crippen molar-refractivity contribution in [2.24, 2.45) is 0 Å². The van der Waals surface area contributed by atoms with Crippen molar-refractivity contribution in [3.8, 4) is 0 Å². The molecule has 0 amide bonds. The van der Waals surface area contributed by atoms with E-state index in [2.05, 4.69) is 27.8 Å². The molecule has 0 spiro atoms. The Morgan fingerprint density at radius 1 is 1.56 bits per heavy atom. The van der Waals surface area contributed by atoms with Gasteiger partial charge < -0.3 is 4.57 Å². The topological polar surface area (TPSA) is 34.9 Å². The van der Waals surface area contributed by atoms with E-state index in [1.807, 2.05) is 22.9 Å². The van der Waals surface area contributed by atoms with Gasteiger partial charge in [0.25, 0.3) is 0 Å². The minimum absolute atomic E-state index is 0.00542. The Bertz CT molecular complexity index is 504. The molecular weight excluding hydrogens is 288 g/mol. The SMILES string of the molecule is CCCn1ccnc1C(=O)c1ccc(Br)s1. The van der Waals surface area contributed by atoms with Crippen molar-refractivity contribution in [1.29, 1.82) is 0 Å². The quantitative estimate of drug-likeness (QED) is 0.812. The molecule has 0 N–H and O–H groups in total. The molecule has 0 saturated carbocycles. The Morgan fingerprint density at radius 3 is 3.00 bits per heavy atom. The molecule has 0 aliphatic heterocycles. The van der Waals surface area contributed by atoms with Crippen LogP contribution in [0.2, 0.25) is 0 Å². The van der Waals surface area contributed by atoms with Crippen molar-refractivity contribution in [2.45, 2.75) is 19.9 Å². The predicted octanol–water partition coefficient (Wildman–Crippen LogP) is 3.35. The van der Waals surface area contributed by atoms with Crippen LogP contribution in [0.15, 0.2) is 28.3 Å². The first kappa shape index (κ1) is 11.5. The summed E-state index contributed by atoms with van der Waals surface area (Å²) in [4.78, 5) is 17.0. The number of hydrogen-bond acceptors (Lipinski definition) is 3. The highest BCUT2D eigenvalue weighted by Crippen LogP contribution is 2.24. The van der Waals surface area contributed by atoms with E-state index in [9.17, 15) is 4.79 Å². The molecule has 0 aliphatic rings. The first-order valence-electron chi connectivity index (χ1n) is 5.03. The molecule has 5 heteroatoms. The Balaban J connectivity index is 2.30. The average molecular weight is 299 g/mol. The minimum atomic E-state index is -0.00542. The lowest BCUT2D eigenvalue weighted by Gasteiger charge is -2.03. The summed E-state index contributed by atoms with van der Waals surface area (Å²) in [5, 5.41) is 0. The monoisotopic (exact) mass is 298 g/mol. The Kier molecular flexibility index (Phi) is 3.56. The maximum atomic E-state index is 12.1. The second-order valence-corrected chi connectivity index (χ2v) is 5.84. The predicted molar refractivity (Wildman–Crippen MR) is 68.0 cm³/mol. The van der Waals surface area contributed by atoms with Gasteiger partial charge in [0.2, 0.25) is 5.78 Å². The molecule has 0 bridgehead atoms. The van der Waals surface area contributed by atoms with Crippen molar-refractivity contribution in [1.82, 2.24) is 9.55 Å². The van der Waals surface area contributed by atoms with Crippen molar-refractivity contribution in [3.63, 3.8) is 0 Å². The highest BCUT2D eigenvalue weighted by Gasteiger charge is 2.16. The summed E-state index contributed by atoms with van der Waals surface area (Å²) >= 11 is 4.79. The van der Waals surface area contributed by atoms with Crippen LogP contribution in [0, 0.1) is 0 Å². The lowest BCUT2D eigenvalue weighted by Crippen LogP contribution is -2.09. The van der Waals surface area contributed by atoms with Crippen molar-refractivity contribution >= 4 is 33.0 Å². The zero-order valence-electron chi connectivity index (χ0n) is 8.81. The molecule has 0 fully saturated rings. The third-order valence-corrected chi connectivity index (χ3v) is 3.80. The Morgan fingerprint density at radius 2 is 2.38 bits per heavy atom. The maximum Gasteiger partial charge on any atom is 0.238 e. The van der Waals surface area contributed by atoms with Crippen LogP contribution < -0.4 is 0 Å². The van der Waals surface area contributed by atoms with Crippen LogP contribution in [0.5, 0.6) is 0 Å². The highest BCUT2D eigenvalue weighted by molar-refractivity contribution is 9.11. The highest BCUT2D eigenvalue weighted by atomic mass is 79.9. The Labute approximate surface area is 106 Å². The molecule has 0 aromatic carbocycles. The van der Waals surface area contributed by atoms with Crippen molar-refractivity contribution in [2.75, 3.05) is 0 Å². The van der Waals surface area contributed by atoms with Gasteiger partial charge in [-0.3, -0.25) is 4.79 Å². The normalized spacial score (nSPS) is 10.6. The number of hydrogen-bond donors (Lipinski definition) is 0. The number of nitrogens with zero attached hydrogens (tertiary/aromatic N) is 2. The Hall–Kier alpha value is -0.940. The van der Waals surface area contributed by atoms with Crippen LogP contribution in [0.3, 0.4) is 0 Å². The molecule has 2 aromatic heterocycles. The molecule has 2 rings (SSSR count). The van der Waals surface area contributed by atoms with Gasteiger partial charge in [0.1, 0.15) is 0 Å². The third kappa shape index (κ3) is 2.25. The zero-order valence-corrected chi connectivity index (χ0v) is 11.2. The number of carbonyl (C=O) groups is 1. The molecule has 0 aliphatic carbocycles. The zero-order chi connectivity index (χ0) is 11.5. The summed E-state index contributed by atoms with van der Waals surface area (Å²) in [7, 11) is 0. The number of imidazole rings is 1. The van der Waals surface area contributed by atoms with E-state index >= 15 is 0 Å². The van der Waals surface area contributed by atoms with E-state index in [4.69, 9.17) is 0 Å². The molecule has 16 heavy (non-hydrogen) atoms. The molecule has 0 saturated heterocycles. The third-order valence-electron chi connectivity index (χ3n) is 2.18. The van der Waals surface area contributed by atoms with Gasteiger partial charge in [-0.15, -0.1) is 11.3 Å². The van der Waals surface area contributed by atoms with Crippen LogP contribution in [0.4, 0.5) is 0 Å². The molecule has 0 atom stereocenters. The standard InChI is InChI=1S/C11H11BrN2OS/c1-2-6-14-7-5-13-11(14)10(15)8-3-4-9(12)16-8/h3-5,7H,2,6H2,1H3. The fourth-order valence-electron chi connectivity index (χ4n) is 1.49. The largest absolute Gasteiger partial charge is 0.328 e. The van der Waals surface area contributed by atoms with Crippen LogP contribution in [-0.2, 0) is 6.54 Å². The van der Waals surface area contributed by atoms with Gasteiger partial charge in [0.05, 0.1) is 8.66 Å². The van der Waals surface area contributed by atoms with E-state index in [1.165, 1.54) is 11.3 Å². The van der Waals surface area contributed by atoms with Gasteiger partial charge in [-0.2, -0.15) is 0 Å². The van der Waals surface area contributed by atoms with Crippen molar-refractivity contribution < 1.29 is 4.79 Å². The molecule has 84 valence electrons. The van der Waals surface area contributed by atoms with Gasteiger partial charge in [-0.1, -0.05) is 6.92 Å². The van der Waals surface area contributed by atoms with Gasteiger partial charge in [0, 0.05) is 18.9 Å². The first-order valence-corrected chi connectivity index (χ1v) is 6.64. The minimum Gasteiger partial charge on any atom is -0.328 e. The molecule has 0 radical (unpaired) electrons. The number of halogens is 1. The average Bonchev–Trinajstić information content (AvgIpc) is 2.87. The summed E-state index contributed by atoms with van der Waals surface area (Å²) in [6.45, 7) is 2.91. The molecule has 3 nitrogen and oxygen atoms in total. The van der Waals surface area contributed by atoms with E-state index in [0.717, 1.165) is 21.6 Å². The number of ketones is 1. The van der Waals surface area contributed by atoms with Crippen molar-refractivity contribution in [3.05, 3.63) is 39.0 Å². The fraction of sp³-hybridized carbons (Fsp3) is 0.273. The van der Waals surface area contributed by atoms with Gasteiger partial charge in [0.15, 0.2) is 5.82 Å². The van der Waals surface area contributed by atoms with Gasteiger partial charge >= 0.3 is 0 Å². The molecule has 2 aromatic rings. The van der Waals surface area contributed by atoms with E-state index in [1.54, 1.807) is 6.20 Å². The summed E-state index contributed by atoms with van der Waals surface area (Å²) < 4.78 is 2.86. The van der Waals surface area contributed by atoms with Crippen LogP contribution in [0.25, 0.3) is 0 Å². The summed E-state index contributed by atoms with van der Waals surface area (Å²) in [6.07, 6.45) is 4.51. The van der Waals surface area contributed by atoms with Gasteiger partial charge in [-0.25, -0.2) is 4.98 Å². The number of aromatic nitrogens is 2. The number of rotatable bonds is 4. The molecule has 0 unspecified atom stereocenters. The second kappa shape index (κ2) is 4.93. The van der Waals surface area contributed by atoms with Crippen LogP contribution >= 0.6 is 27.3 Å². The maximum absolute atomic E-state index is 12.1. The first-order chi connectivity index (χ1) is 7.72. The van der Waals surface area contributed by atoms with E-state index < -0.39 is 0 Å². The van der Waals surface area contributed by atoms with E-state index in [-0.39, 0.29) is 5.78 Å². The lowest BCUT2D eigenvalue weighted by molar-refractivity contribution is 0.102. The summed E-state index contributed by atoms with van der Waals surface area (Å²) in [5.41, 5.74) is 0. The molecule has 2 heterocycles. The van der Waals surface area contributed by atoms with E-state index in [0.29, 0.717) is 5.82 Å². The summed E-state index contributed by atoms with van der Waals surface area (Å²) in [5.74, 6) is 0.519. The smallest absolute Gasteiger partial charge is 0.238 e. The second-order valence-electron chi connectivity index (χ2n) is 3.38. The number of aryl methyl sites for hydroxylation is 1. The summed E-state index contributed by atoms with van der Waals surface area (Å²) in [6, 6.07) is 3.70. The molecular formula is C11H11BrN2OS. The number of thiophene rings is 1. The lowest BCUT2D eigenvalue weighted by atomic mass is 10.3. The van der Waals surface area contributed by atoms with Crippen LogP contribution in [-0.4, -0.2) is 15.3 Å².